The molecule has 1 heterocycles. The lowest BCUT2D eigenvalue weighted by Gasteiger charge is -2.49. The van der Waals surface area contributed by atoms with Crippen LogP contribution in [0.15, 0.2) is 0 Å². The molecule has 1 saturated heterocycles. The summed E-state index contributed by atoms with van der Waals surface area (Å²) in [4.78, 5) is 2.74. The highest BCUT2D eigenvalue weighted by Crippen LogP contribution is 2.28. The van der Waals surface area contributed by atoms with Gasteiger partial charge in [-0.25, -0.2) is 0 Å². The molecule has 0 bridgehead atoms. The van der Waals surface area contributed by atoms with Crippen molar-refractivity contribution in [2.24, 2.45) is 0 Å². The first-order valence-electron chi connectivity index (χ1n) is 6.57. The van der Waals surface area contributed by atoms with Gasteiger partial charge >= 0.3 is 0 Å². The van der Waals surface area contributed by atoms with Gasteiger partial charge in [-0.2, -0.15) is 0 Å². The molecule has 2 nitrogen and oxygen atoms in total. The topological polar surface area (TPSA) is 15.3 Å². The summed E-state index contributed by atoms with van der Waals surface area (Å²) in [6.07, 6.45) is 3.77. The number of hydrogen-bond donors (Lipinski definition) is 1. The minimum Gasteiger partial charge on any atom is -0.311 e. The summed E-state index contributed by atoms with van der Waals surface area (Å²) in [5, 5.41) is 3.59. The van der Waals surface area contributed by atoms with Gasteiger partial charge in [-0.1, -0.05) is 20.8 Å². The van der Waals surface area contributed by atoms with E-state index in [2.05, 4.69) is 44.8 Å². The number of piperazine rings is 1. The van der Waals surface area contributed by atoms with E-state index in [-0.39, 0.29) is 0 Å². The van der Waals surface area contributed by atoms with Crippen LogP contribution in [0.4, 0.5) is 0 Å². The average Bonchev–Trinajstić information content (AvgIpc) is 2.28. The van der Waals surface area contributed by atoms with Crippen LogP contribution in [0, 0.1) is 0 Å². The van der Waals surface area contributed by atoms with Gasteiger partial charge in [0.1, 0.15) is 0 Å². The van der Waals surface area contributed by atoms with Crippen molar-refractivity contribution in [3.63, 3.8) is 0 Å². The van der Waals surface area contributed by atoms with Crippen molar-refractivity contribution in [1.82, 2.24) is 10.2 Å². The lowest BCUT2D eigenvalue weighted by molar-refractivity contribution is 0.0154. The zero-order valence-corrected chi connectivity index (χ0v) is 11.1. The van der Waals surface area contributed by atoms with E-state index in [9.17, 15) is 0 Å². The van der Waals surface area contributed by atoms with Crippen molar-refractivity contribution >= 4 is 0 Å². The van der Waals surface area contributed by atoms with Crippen molar-refractivity contribution in [2.45, 2.75) is 71.5 Å². The van der Waals surface area contributed by atoms with Gasteiger partial charge in [0, 0.05) is 30.7 Å². The second-order valence-corrected chi connectivity index (χ2v) is 5.23. The smallest absolute Gasteiger partial charge is 0.0224 e. The molecule has 0 aromatic rings. The zero-order chi connectivity index (χ0) is 11.5. The summed E-state index contributed by atoms with van der Waals surface area (Å²) < 4.78 is 0. The molecule has 0 aromatic heterocycles. The maximum absolute atomic E-state index is 3.59. The number of hydrogen-bond acceptors (Lipinski definition) is 2. The first-order valence-corrected chi connectivity index (χ1v) is 6.57. The van der Waals surface area contributed by atoms with E-state index >= 15 is 0 Å². The van der Waals surface area contributed by atoms with E-state index in [0.717, 1.165) is 12.6 Å². The highest BCUT2D eigenvalue weighted by atomic mass is 15.3. The molecular weight excluding hydrogens is 184 g/mol. The Bertz CT molecular complexity index is 187. The molecule has 0 aliphatic carbocycles. The van der Waals surface area contributed by atoms with Crippen LogP contribution in [0.5, 0.6) is 0 Å². The lowest BCUT2D eigenvalue weighted by atomic mass is 9.89. The molecule has 0 spiro atoms. The van der Waals surface area contributed by atoms with Crippen LogP contribution >= 0.6 is 0 Å². The Morgan fingerprint density at radius 2 is 1.87 bits per heavy atom. The predicted molar refractivity (Wildman–Crippen MR) is 67.2 cm³/mol. The van der Waals surface area contributed by atoms with Gasteiger partial charge in [-0.3, -0.25) is 4.90 Å². The highest BCUT2D eigenvalue weighted by molar-refractivity contribution is 4.93. The minimum atomic E-state index is 0.400. The summed E-state index contributed by atoms with van der Waals surface area (Å²) in [6.45, 7) is 14.0. The summed E-state index contributed by atoms with van der Waals surface area (Å²) in [5.74, 6) is 0. The molecule has 0 aromatic carbocycles. The molecule has 2 atom stereocenters. The van der Waals surface area contributed by atoms with Gasteiger partial charge in [0.2, 0.25) is 0 Å². The summed E-state index contributed by atoms with van der Waals surface area (Å²) in [5.41, 5.74) is 0.400. The van der Waals surface area contributed by atoms with E-state index < -0.39 is 0 Å². The standard InChI is InChI=1S/C13H28N2/c1-6-12-9-14-11(4)10-15(12)13(5,7-2)8-3/h11-12,14H,6-10H2,1-5H3. The summed E-state index contributed by atoms with van der Waals surface area (Å²) >= 11 is 0. The highest BCUT2D eigenvalue weighted by Gasteiger charge is 2.36. The minimum absolute atomic E-state index is 0.400. The zero-order valence-electron chi connectivity index (χ0n) is 11.1. The Morgan fingerprint density at radius 3 is 2.33 bits per heavy atom. The fourth-order valence-corrected chi connectivity index (χ4v) is 2.64. The Balaban J connectivity index is 2.77. The molecule has 2 unspecified atom stereocenters. The van der Waals surface area contributed by atoms with Crippen LogP contribution in [-0.4, -0.2) is 35.6 Å². The normalized spacial score (nSPS) is 29.4. The molecule has 0 amide bonds. The number of rotatable bonds is 4. The van der Waals surface area contributed by atoms with Crippen LogP contribution in [0.3, 0.4) is 0 Å². The van der Waals surface area contributed by atoms with E-state index in [1.807, 2.05) is 0 Å². The Labute approximate surface area is 95.4 Å². The van der Waals surface area contributed by atoms with Crippen molar-refractivity contribution in [3.8, 4) is 0 Å². The van der Waals surface area contributed by atoms with Crippen molar-refractivity contribution in [3.05, 3.63) is 0 Å². The third-order valence-corrected chi connectivity index (χ3v) is 4.30. The van der Waals surface area contributed by atoms with Gasteiger partial charge in [-0.15, -0.1) is 0 Å². The SMILES string of the molecule is CCC1CNC(C)CN1C(C)(CC)CC. The first-order chi connectivity index (χ1) is 7.07. The van der Waals surface area contributed by atoms with Gasteiger partial charge < -0.3 is 5.32 Å². The molecule has 0 saturated carbocycles. The first kappa shape index (κ1) is 13.0. The van der Waals surface area contributed by atoms with Gasteiger partial charge in [0.25, 0.3) is 0 Å². The maximum atomic E-state index is 3.59. The Morgan fingerprint density at radius 1 is 1.27 bits per heavy atom. The summed E-state index contributed by atoms with van der Waals surface area (Å²) in [6, 6.07) is 1.37. The monoisotopic (exact) mass is 212 g/mol. The van der Waals surface area contributed by atoms with Crippen molar-refractivity contribution in [1.29, 1.82) is 0 Å². The van der Waals surface area contributed by atoms with E-state index in [0.29, 0.717) is 11.6 Å². The molecule has 1 aliphatic rings. The van der Waals surface area contributed by atoms with Crippen molar-refractivity contribution in [2.75, 3.05) is 13.1 Å². The van der Waals surface area contributed by atoms with Crippen molar-refractivity contribution < 1.29 is 0 Å². The molecule has 90 valence electrons. The fourth-order valence-electron chi connectivity index (χ4n) is 2.64. The van der Waals surface area contributed by atoms with Crippen LogP contribution < -0.4 is 5.32 Å². The predicted octanol–water partition coefficient (Wildman–Crippen LogP) is 2.64. The number of nitrogens with zero attached hydrogens (tertiary/aromatic N) is 1. The molecule has 1 fully saturated rings. The number of nitrogens with one attached hydrogen (secondary N) is 1. The van der Waals surface area contributed by atoms with E-state index in [1.54, 1.807) is 0 Å². The second-order valence-electron chi connectivity index (χ2n) is 5.23. The fraction of sp³-hybridized carbons (Fsp3) is 1.00. The van der Waals surface area contributed by atoms with Crippen LogP contribution in [0.25, 0.3) is 0 Å². The van der Waals surface area contributed by atoms with Crippen LogP contribution in [0.2, 0.25) is 0 Å². The third-order valence-electron chi connectivity index (χ3n) is 4.30. The molecule has 1 aliphatic heterocycles. The lowest BCUT2D eigenvalue weighted by Crippen LogP contribution is -2.62. The van der Waals surface area contributed by atoms with E-state index in [4.69, 9.17) is 0 Å². The molecular formula is C13H28N2. The molecule has 1 N–H and O–H groups in total. The summed E-state index contributed by atoms with van der Waals surface area (Å²) in [7, 11) is 0. The van der Waals surface area contributed by atoms with Gasteiger partial charge in [-0.05, 0) is 33.1 Å². The molecule has 0 radical (unpaired) electrons. The van der Waals surface area contributed by atoms with Crippen LogP contribution in [0.1, 0.15) is 53.9 Å². The molecule has 1 rings (SSSR count). The Kier molecular flexibility index (Phi) is 4.60. The van der Waals surface area contributed by atoms with Gasteiger partial charge in [0.05, 0.1) is 0 Å². The van der Waals surface area contributed by atoms with E-state index in [1.165, 1.54) is 25.8 Å². The maximum Gasteiger partial charge on any atom is 0.0224 e. The molecule has 2 heteroatoms. The molecule has 15 heavy (non-hydrogen) atoms. The average molecular weight is 212 g/mol. The third kappa shape index (κ3) is 2.73. The quantitative estimate of drug-likeness (QED) is 0.770. The second kappa shape index (κ2) is 5.31. The largest absolute Gasteiger partial charge is 0.311 e. The van der Waals surface area contributed by atoms with Gasteiger partial charge in [0.15, 0.2) is 0 Å². The Hall–Kier alpha value is -0.0800. The van der Waals surface area contributed by atoms with Crippen LogP contribution in [-0.2, 0) is 0 Å².